The highest BCUT2D eigenvalue weighted by molar-refractivity contribution is 5.95. The van der Waals surface area contributed by atoms with E-state index in [1.54, 1.807) is 5.94 Å². The lowest BCUT2D eigenvalue weighted by molar-refractivity contribution is -0.149. The van der Waals surface area contributed by atoms with Crippen molar-refractivity contribution in [3.63, 3.8) is 0 Å². The topological polar surface area (TPSA) is 161 Å². The molecule has 1 saturated carbocycles. The maximum absolute atomic E-state index is 13.2. The van der Waals surface area contributed by atoms with Gasteiger partial charge in [0.15, 0.2) is 11.7 Å². The molecule has 0 heterocycles. The van der Waals surface area contributed by atoms with Crippen LogP contribution in [0, 0.1) is 11.8 Å². The van der Waals surface area contributed by atoms with Crippen molar-refractivity contribution in [3.05, 3.63) is 77.7 Å². The molecule has 0 bridgehead atoms. The summed E-state index contributed by atoms with van der Waals surface area (Å²) >= 11 is 0. The molecule has 2 aromatic rings. The molecule has 2 amide bonds. The summed E-state index contributed by atoms with van der Waals surface area (Å²) in [6, 6.07) is 17.6. The highest BCUT2D eigenvalue weighted by atomic mass is 16.5. The minimum atomic E-state index is -0.822. The molecule has 2 atom stereocenters. The number of unbranched alkanes of at least 4 members (excludes halogenated alkanes) is 10. The summed E-state index contributed by atoms with van der Waals surface area (Å²) in [6.45, 7) is 4.85. The molecule has 324 valence electrons. The van der Waals surface area contributed by atoms with Crippen molar-refractivity contribution in [2.45, 2.75) is 155 Å². The zero-order valence-corrected chi connectivity index (χ0v) is 35.5. The number of ketones is 1. The van der Waals surface area contributed by atoms with Crippen molar-refractivity contribution in [2.24, 2.45) is 16.8 Å². The molecule has 12 nitrogen and oxygen atoms in total. The second kappa shape index (κ2) is 30.1. The number of hydrogen-bond acceptors (Lipinski definition) is 9. The van der Waals surface area contributed by atoms with Gasteiger partial charge in [0.2, 0.25) is 11.9 Å². The normalized spacial score (nSPS) is 13.4. The average molecular weight is 817 g/mol. The molecule has 1 aliphatic carbocycles. The highest BCUT2D eigenvalue weighted by Gasteiger charge is 2.35. The lowest BCUT2D eigenvalue weighted by Gasteiger charge is -2.18. The zero-order valence-electron chi connectivity index (χ0n) is 35.5. The number of hydrogen-bond donors (Lipinski definition) is 3. The van der Waals surface area contributed by atoms with Gasteiger partial charge >= 0.3 is 12.1 Å². The number of rotatable bonds is 31. The van der Waals surface area contributed by atoms with E-state index < -0.39 is 12.1 Å². The lowest BCUT2D eigenvalue weighted by Crippen LogP contribution is -2.43. The first-order valence-corrected chi connectivity index (χ1v) is 22.0. The highest BCUT2D eigenvalue weighted by Crippen LogP contribution is 2.31. The van der Waals surface area contributed by atoms with Crippen molar-refractivity contribution < 1.29 is 38.2 Å². The minimum absolute atomic E-state index is 0.00888. The van der Waals surface area contributed by atoms with Crippen molar-refractivity contribution >= 4 is 35.7 Å². The number of benzene rings is 2. The van der Waals surface area contributed by atoms with Crippen molar-refractivity contribution in [2.75, 3.05) is 13.2 Å². The monoisotopic (exact) mass is 817 g/mol. The van der Waals surface area contributed by atoms with Crippen LogP contribution in [-0.2, 0) is 46.6 Å². The van der Waals surface area contributed by atoms with Crippen LogP contribution in [0.3, 0.4) is 0 Å². The molecular formula is C47H68N4O8. The minimum Gasteiger partial charge on any atom is -0.466 e. The van der Waals surface area contributed by atoms with Crippen LogP contribution in [0.2, 0.25) is 0 Å². The fourth-order valence-corrected chi connectivity index (χ4v) is 6.63. The first-order chi connectivity index (χ1) is 28.8. The van der Waals surface area contributed by atoms with Crippen LogP contribution < -0.4 is 16.0 Å². The molecule has 1 fully saturated rings. The Balaban J connectivity index is 1.48. The van der Waals surface area contributed by atoms with Gasteiger partial charge in [-0.25, -0.2) is 9.59 Å². The quantitative estimate of drug-likeness (QED) is 0.0168. The molecular weight excluding hydrogens is 749 g/mol. The molecule has 59 heavy (non-hydrogen) atoms. The van der Waals surface area contributed by atoms with Gasteiger partial charge in [0.05, 0.1) is 18.6 Å². The lowest BCUT2D eigenvalue weighted by atomic mass is 9.94. The number of nitrogens with one attached hydrogen (secondary N) is 3. The molecule has 3 rings (SSSR count). The van der Waals surface area contributed by atoms with Gasteiger partial charge in [-0.1, -0.05) is 139 Å². The second-order valence-electron chi connectivity index (χ2n) is 15.4. The van der Waals surface area contributed by atoms with Crippen LogP contribution in [0.5, 0.6) is 0 Å². The Bertz CT molecular complexity index is 1590. The summed E-state index contributed by atoms with van der Waals surface area (Å²) in [4.78, 5) is 68.2. The Morgan fingerprint density at radius 2 is 1.27 bits per heavy atom. The summed E-state index contributed by atoms with van der Waals surface area (Å²) in [6.07, 6.45) is 16.6. The number of alkyl carbamates (subject to hydrolysis) is 1. The predicted molar refractivity (Wildman–Crippen MR) is 230 cm³/mol. The third-order valence-electron chi connectivity index (χ3n) is 10.3. The van der Waals surface area contributed by atoms with E-state index >= 15 is 0 Å². The van der Waals surface area contributed by atoms with E-state index in [1.165, 1.54) is 32.1 Å². The summed E-state index contributed by atoms with van der Waals surface area (Å²) in [5.74, 6) is 0.736. The molecule has 2 aromatic carbocycles. The Kier molecular flexibility index (Phi) is 24.7. The number of carbonyl (C=O) groups is 4. The molecule has 1 aliphatic rings. The van der Waals surface area contributed by atoms with E-state index in [1.807, 2.05) is 60.7 Å². The first kappa shape index (κ1) is 48.4. The van der Waals surface area contributed by atoms with Gasteiger partial charge in [-0.05, 0) is 62.5 Å². The number of guanidine groups is 1. The van der Waals surface area contributed by atoms with Gasteiger partial charge in [-0.3, -0.25) is 30.0 Å². The fourth-order valence-electron chi connectivity index (χ4n) is 6.63. The maximum atomic E-state index is 13.2. The molecule has 3 N–H and O–H groups in total. The van der Waals surface area contributed by atoms with E-state index in [4.69, 9.17) is 14.2 Å². The van der Waals surface area contributed by atoms with E-state index in [2.05, 4.69) is 34.8 Å². The molecule has 0 saturated heterocycles. The standard InChI is InChI=1S/C47H68N4O8/c1-3-5-7-9-10-19-27-40(26-18-8-6-4-2)45(55)57-33-21-13-20-28-42(53)49-41(44(54)39-29-30-39)31-32-48-46(51-47(56)59-36-38-24-16-12-17-25-38)50-43(34-52)58-35-37-22-14-11-15-23-37/h11-12,14-17,22-25,39-41H,3-10,13,18-21,26-33,35-36H2,1-2H3,(H,49,53)(H2,48,50,51,56). The van der Waals surface area contributed by atoms with Crippen molar-refractivity contribution in [3.8, 4) is 0 Å². The summed E-state index contributed by atoms with van der Waals surface area (Å²) in [5, 5.41) is 8.09. The van der Waals surface area contributed by atoms with Gasteiger partial charge in [-0.15, -0.1) is 0 Å². The van der Waals surface area contributed by atoms with E-state index in [0.29, 0.717) is 25.9 Å². The van der Waals surface area contributed by atoms with Crippen LogP contribution in [0.15, 0.2) is 71.5 Å². The van der Waals surface area contributed by atoms with Crippen LogP contribution in [0.25, 0.3) is 0 Å². The Labute approximate surface area is 351 Å². The molecule has 0 aliphatic heterocycles. The first-order valence-electron chi connectivity index (χ1n) is 22.0. The Morgan fingerprint density at radius 1 is 0.695 bits per heavy atom. The largest absolute Gasteiger partial charge is 0.466 e. The number of amides is 2. The van der Waals surface area contributed by atoms with Gasteiger partial charge < -0.3 is 19.5 Å². The SMILES string of the molecule is CCCCCCCCC(CCCCCC)C(=O)OCCCCCC(=O)NC(CCN=C(NC(=O)OCc1ccccc1)NC(=C=O)OCc1ccccc1)C(=O)C1CC1. The number of aliphatic imine (C=N–C) groups is 1. The van der Waals surface area contributed by atoms with Crippen LogP contribution in [-0.4, -0.2) is 54.8 Å². The van der Waals surface area contributed by atoms with Gasteiger partial charge in [0, 0.05) is 18.9 Å². The Morgan fingerprint density at radius 3 is 1.88 bits per heavy atom. The predicted octanol–water partition coefficient (Wildman–Crippen LogP) is 9.04. The smallest absolute Gasteiger partial charge is 0.414 e. The average Bonchev–Trinajstić information content (AvgIpc) is 4.11. The number of ether oxygens (including phenoxy) is 3. The van der Waals surface area contributed by atoms with Gasteiger partial charge in [-0.2, -0.15) is 0 Å². The molecule has 12 heteroatoms. The van der Waals surface area contributed by atoms with Crippen LogP contribution >= 0.6 is 0 Å². The van der Waals surface area contributed by atoms with Gasteiger partial charge in [0.1, 0.15) is 13.2 Å². The van der Waals surface area contributed by atoms with Crippen molar-refractivity contribution in [1.29, 1.82) is 0 Å². The third-order valence-corrected chi connectivity index (χ3v) is 10.3. The molecule has 0 spiro atoms. The van der Waals surface area contributed by atoms with Crippen molar-refractivity contribution in [1.82, 2.24) is 16.0 Å². The number of carbonyl (C=O) groups excluding carboxylic acids is 5. The maximum Gasteiger partial charge on any atom is 0.414 e. The van der Waals surface area contributed by atoms with Crippen LogP contribution in [0.4, 0.5) is 4.79 Å². The van der Waals surface area contributed by atoms with E-state index in [0.717, 1.165) is 68.9 Å². The fraction of sp³-hybridized carbons (Fsp3) is 0.596. The summed E-state index contributed by atoms with van der Waals surface area (Å²) in [5.41, 5.74) is 1.59. The number of esters is 1. The number of Topliss-reactive ketones (excluding diaryl/α,β-unsaturated/α-hetero) is 1. The van der Waals surface area contributed by atoms with E-state index in [9.17, 15) is 24.0 Å². The summed E-state index contributed by atoms with van der Waals surface area (Å²) < 4.78 is 16.6. The molecule has 0 aromatic heterocycles. The third kappa shape index (κ3) is 22.1. The second-order valence-corrected chi connectivity index (χ2v) is 15.4. The molecule has 2 unspecified atom stereocenters. The molecule has 0 radical (unpaired) electrons. The Hall–Kier alpha value is -4.96. The van der Waals surface area contributed by atoms with Crippen LogP contribution in [0.1, 0.15) is 147 Å². The van der Waals surface area contributed by atoms with Gasteiger partial charge in [0.25, 0.3) is 5.88 Å². The van der Waals surface area contributed by atoms with E-state index in [-0.39, 0.29) is 73.9 Å². The number of nitrogens with zero attached hydrogens (tertiary/aromatic N) is 1. The zero-order chi connectivity index (χ0) is 42.3. The summed E-state index contributed by atoms with van der Waals surface area (Å²) in [7, 11) is 0.